The molecule has 2 aliphatic rings. The predicted octanol–water partition coefficient (Wildman–Crippen LogP) is 3.53. The van der Waals surface area contributed by atoms with Gasteiger partial charge in [-0.2, -0.15) is 0 Å². The standard InChI is InChI=1S/C14H24FNO2/c1-13(2,3)18-12(17)16-9-7-14(8-10-16)6-4-5-11(14)15/h11H,4-10H2,1-3H3. The monoisotopic (exact) mass is 257 g/mol. The van der Waals surface area contributed by atoms with Crippen molar-refractivity contribution in [3.05, 3.63) is 0 Å². The number of ether oxygens (including phenoxy) is 1. The number of likely N-dealkylation sites (tertiary alicyclic amines) is 1. The van der Waals surface area contributed by atoms with E-state index in [-0.39, 0.29) is 11.5 Å². The van der Waals surface area contributed by atoms with Crippen molar-refractivity contribution in [3.8, 4) is 0 Å². The van der Waals surface area contributed by atoms with Gasteiger partial charge in [0.25, 0.3) is 0 Å². The van der Waals surface area contributed by atoms with E-state index in [2.05, 4.69) is 0 Å². The summed E-state index contributed by atoms with van der Waals surface area (Å²) in [6, 6.07) is 0. The summed E-state index contributed by atoms with van der Waals surface area (Å²) in [6.45, 7) is 6.87. The van der Waals surface area contributed by atoms with E-state index < -0.39 is 11.8 Å². The fourth-order valence-electron chi connectivity index (χ4n) is 3.12. The maximum atomic E-state index is 13.9. The van der Waals surface area contributed by atoms with Gasteiger partial charge in [0.15, 0.2) is 0 Å². The van der Waals surface area contributed by atoms with Crippen molar-refractivity contribution >= 4 is 6.09 Å². The first-order valence-electron chi connectivity index (χ1n) is 6.94. The number of amides is 1. The van der Waals surface area contributed by atoms with Crippen molar-refractivity contribution in [3.63, 3.8) is 0 Å². The highest BCUT2D eigenvalue weighted by molar-refractivity contribution is 5.68. The molecule has 0 radical (unpaired) electrons. The molecule has 1 aliphatic heterocycles. The molecule has 1 aliphatic carbocycles. The zero-order valence-electron chi connectivity index (χ0n) is 11.7. The highest BCUT2D eigenvalue weighted by Gasteiger charge is 2.46. The highest BCUT2D eigenvalue weighted by Crippen LogP contribution is 2.48. The Hall–Kier alpha value is -0.800. The quantitative estimate of drug-likeness (QED) is 0.664. The summed E-state index contributed by atoms with van der Waals surface area (Å²) in [5.74, 6) is 0. The number of hydrogen-bond acceptors (Lipinski definition) is 2. The van der Waals surface area contributed by atoms with Gasteiger partial charge in [-0.05, 0) is 52.9 Å². The van der Waals surface area contributed by atoms with E-state index in [1.54, 1.807) is 4.90 Å². The molecule has 4 heteroatoms. The lowest BCUT2D eigenvalue weighted by atomic mass is 9.76. The zero-order valence-corrected chi connectivity index (χ0v) is 11.7. The smallest absolute Gasteiger partial charge is 0.410 e. The third-order valence-electron chi connectivity index (χ3n) is 4.21. The van der Waals surface area contributed by atoms with Crippen LogP contribution in [-0.2, 0) is 4.74 Å². The Bertz CT molecular complexity index is 316. The van der Waals surface area contributed by atoms with Crippen molar-refractivity contribution in [1.29, 1.82) is 0 Å². The van der Waals surface area contributed by atoms with Crippen molar-refractivity contribution in [2.24, 2.45) is 5.41 Å². The topological polar surface area (TPSA) is 29.5 Å². The summed E-state index contributed by atoms with van der Waals surface area (Å²) in [5, 5.41) is 0. The molecule has 0 N–H and O–H groups in total. The number of halogens is 1. The van der Waals surface area contributed by atoms with Gasteiger partial charge in [-0.25, -0.2) is 9.18 Å². The molecule has 1 atom stereocenters. The van der Waals surface area contributed by atoms with Crippen LogP contribution >= 0.6 is 0 Å². The number of rotatable bonds is 0. The van der Waals surface area contributed by atoms with Gasteiger partial charge in [0.1, 0.15) is 11.8 Å². The van der Waals surface area contributed by atoms with Gasteiger partial charge in [0.05, 0.1) is 0 Å². The maximum Gasteiger partial charge on any atom is 0.410 e. The molecule has 0 aromatic rings. The lowest BCUT2D eigenvalue weighted by Gasteiger charge is -2.40. The lowest BCUT2D eigenvalue weighted by Crippen LogP contribution is -2.46. The molecule has 2 fully saturated rings. The minimum Gasteiger partial charge on any atom is -0.444 e. The second-order valence-electron chi connectivity index (χ2n) is 6.69. The van der Waals surface area contributed by atoms with Gasteiger partial charge in [-0.1, -0.05) is 0 Å². The van der Waals surface area contributed by atoms with E-state index in [9.17, 15) is 9.18 Å². The number of carbonyl (C=O) groups is 1. The molecule has 1 saturated heterocycles. The molecule has 1 heterocycles. The molecule has 1 unspecified atom stereocenters. The van der Waals surface area contributed by atoms with Crippen LogP contribution in [-0.4, -0.2) is 35.9 Å². The lowest BCUT2D eigenvalue weighted by molar-refractivity contribution is 0.0000689. The van der Waals surface area contributed by atoms with E-state index in [1.807, 2.05) is 20.8 Å². The minimum atomic E-state index is -0.668. The second-order valence-corrected chi connectivity index (χ2v) is 6.69. The number of alkyl halides is 1. The van der Waals surface area contributed by atoms with Crippen molar-refractivity contribution in [2.75, 3.05) is 13.1 Å². The number of piperidine rings is 1. The molecule has 18 heavy (non-hydrogen) atoms. The van der Waals surface area contributed by atoms with Gasteiger partial charge < -0.3 is 9.64 Å². The third kappa shape index (κ3) is 2.78. The largest absolute Gasteiger partial charge is 0.444 e. The average molecular weight is 257 g/mol. The molecule has 0 aromatic heterocycles. The first kappa shape index (κ1) is 13.6. The molecule has 1 amide bonds. The van der Waals surface area contributed by atoms with Crippen LogP contribution in [0, 0.1) is 5.41 Å². The van der Waals surface area contributed by atoms with Gasteiger partial charge in [0, 0.05) is 18.5 Å². The Morgan fingerprint density at radius 3 is 2.33 bits per heavy atom. The summed E-state index contributed by atoms with van der Waals surface area (Å²) >= 11 is 0. The van der Waals surface area contributed by atoms with Crippen LogP contribution in [0.15, 0.2) is 0 Å². The normalized spacial score (nSPS) is 27.6. The summed E-state index contributed by atoms with van der Waals surface area (Å²) in [7, 11) is 0. The van der Waals surface area contributed by atoms with Crippen molar-refractivity contribution in [1.82, 2.24) is 4.90 Å². The van der Waals surface area contributed by atoms with Crippen LogP contribution < -0.4 is 0 Å². The average Bonchev–Trinajstić information content (AvgIpc) is 2.59. The first-order chi connectivity index (χ1) is 8.32. The Kier molecular flexibility index (Phi) is 3.56. The zero-order chi connectivity index (χ0) is 13.4. The third-order valence-corrected chi connectivity index (χ3v) is 4.21. The Morgan fingerprint density at radius 1 is 1.28 bits per heavy atom. The molecule has 1 spiro atoms. The molecule has 3 nitrogen and oxygen atoms in total. The van der Waals surface area contributed by atoms with Crippen LogP contribution in [0.2, 0.25) is 0 Å². The van der Waals surface area contributed by atoms with Gasteiger partial charge in [-0.15, -0.1) is 0 Å². The number of nitrogens with zero attached hydrogens (tertiary/aromatic N) is 1. The molecule has 104 valence electrons. The van der Waals surface area contributed by atoms with Crippen LogP contribution in [0.5, 0.6) is 0 Å². The van der Waals surface area contributed by atoms with E-state index in [1.165, 1.54) is 0 Å². The predicted molar refractivity (Wildman–Crippen MR) is 68.2 cm³/mol. The fraction of sp³-hybridized carbons (Fsp3) is 0.929. The first-order valence-corrected chi connectivity index (χ1v) is 6.94. The molecular weight excluding hydrogens is 233 g/mol. The maximum absolute atomic E-state index is 13.9. The van der Waals surface area contributed by atoms with E-state index in [0.29, 0.717) is 19.5 Å². The van der Waals surface area contributed by atoms with Gasteiger partial charge in [-0.3, -0.25) is 0 Å². The molecular formula is C14H24FNO2. The SMILES string of the molecule is CC(C)(C)OC(=O)N1CCC2(CCCC2F)CC1. The van der Waals surface area contributed by atoms with E-state index >= 15 is 0 Å². The molecule has 1 saturated carbocycles. The van der Waals surface area contributed by atoms with Crippen LogP contribution in [0.3, 0.4) is 0 Å². The highest BCUT2D eigenvalue weighted by atomic mass is 19.1. The summed E-state index contributed by atoms with van der Waals surface area (Å²) < 4.78 is 19.3. The molecule has 0 aromatic carbocycles. The Balaban J connectivity index is 1.89. The van der Waals surface area contributed by atoms with Gasteiger partial charge in [0.2, 0.25) is 0 Å². The summed E-state index contributed by atoms with van der Waals surface area (Å²) in [5.41, 5.74) is -0.597. The minimum absolute atomic E-state index is 0.140. The Morgan fingerprint density at radius 2 is 1.89 bits per heavy atom. The Labute approximate surface area is 109 Å². The van der Waals surface area contributed by atoms with Crippen molar-refractivity contribution in [2.45, 2.75) is 64.6 Å². The summed E-state index contributed by atoms with van der Waals surface area (Å²) in [4.78, 5) is 13.6. The summed E-state index contributed by atoms with van der Waals surface area (Å²) in [6.07, 6.45) is 3.32. The number of carbonyl (C=O) groups excluding carboxylic acids is 1. The van der Waals surface area contributed by atoms with Crippen LogP contribution in [0.4, 0.5) is 9.18 Å². The van der Waals surface area contributed by atoms with E-state index in [4.69, 9.17) is 4.74 Å². The molecule has 0 bridgehead atoms. The van der Waals surface area contributed by atoms with Crippen molar-refractivity contribution < 1.29 is 13.9 Å². The number of hydrogen-bond donors (Lipinski definition) is 0. The molecule has 2 rings (SSSR count). The van der Waals surface area contributed by atoms with Gasteiger partial charge >= 0.3 is 6.09 Å². The van der Waals surface area contributed by atoms with Crippen LogP contribution in [0.1, 0.15) is 52.9 Å². The fourth-order valence-corrected chi connectivity index (χ4v) is 3.12. The second kappa shape index (κ2) is 4.71. The van der Waals surface area contributed by atoms with Crippen LogP contribution in [0.25, 0.3) is 0 Å². The van der Waals surface area contributed by atoms with E-state index in [0.717, 1.165) is 25.7 Å².